The molecule has 0 radical (unpaired) electrons. The molecule has 0 bridgehead atoms. The van der Waals surface area contributed by atoms with Crippen LogP contribution >= 0.6 is 15.9 Å². The first kappa shape index (κ1) is 11.8. The molecule has 2 rings (SSSR count). The molecule has 0 aliphatic carbocycles. The highest BCUT2D eigenvalue weighted by Gasteiger charge is 2.16. The number of aliphatic carboxylic acids is 1. The van der Waals surface area contributed by atoms with Crippen LogP contribution in [0.4, 0.5) is 0 Å². The van der Waals surface area contributed by atoms with E-state index in [1.54, 1.807) is 18.2 Å². The van der Waals surface area contributed by atoms with Crippen LogP contribution in [0.1, 0.15) is 13.0 Å². The number of nitrogens with zero attached hydrogens (tertiary/aromatic N) is 2. The van der Waals surface area contributed by atoms with Crippen LogP contribution in [0.5, 0.6) is 0 Å². The fraction of sp³-hybridized carbons (Fsp3) is 0.182. The Labute approximate surface area is 105 Å². The number of halogens is 1. The molecule has 17 heavy (non-hydrogen) atoms. The van der Waals surface area contributed by atoms with Gasteiger partial charge in [-0.3, -0.25) is 4.79 Å². The topological polar surface area (TPSA) is 72.2 Å². The number of hydrogen-bond acceptors (Lipinski definition) is 3. The number of hydrogen-bond donors (Lipinski definition) is 1. The van der Waals surface area contributed by atoms with Crippen molar-refractivity contribution in [3.63, 3.8) is 0 Å². The smallest absolute Gasteiger partial charge is 0.328 e. The molecule has 1 heterocycles. The minimum absolute atomic E-state index is 0.404. The third-order valence-corrected chi connectivity index (χ3v) is 2.99. The maximum Gasteiger partial charge on any atom is 0.328 e. The number of carboxylic acids is 1. The summed E-state index contributed by atoms with van der Waals surface area (Å²) in [6.07, 6.45) is 1.49. The molecule has 0 saturated heterocycles. The molecule has 1 atom stereocenters. The number of carbonyl (C=O) groups is 1. The van der Waals surface area contributed by atoms with E-state index in [1.807, 2.05) is 0 Å². The zero-order valence-corrected chi connectivity index (χ0v) is 10.5. The van der Waals surface area contributed by atoms with Crippen molar-refractivity contribution in [2.24, 2.45) is 0 Å². The first-order valence-electron chi connectivity index (χ1n) is 4.90. The minimum atomic E-state index is -1.09. The van der Waals surface area contributed by atoms with Crippen molar-refractivity contribution in [1.29, 1.82) is 0 Å². The molecule has 0 fully saturated rings. The monoisotopic (exact) mass is 296 g/mol. The van der Waals surface area contributed by atoms with E-state index < -0.39 is 17.6 Å². The van der Waals surface area contributed by atoms with Gasteiger partial charge in [0.25, 0.3) is 5.56 Å². The second kappa shape index (κ2) is 4.29. The molecule has 5 nitrogen and oxygen atoms in total. The van der Waals surface area contributed by atoms with Crippen molar-refractivity contribution in [3.05, 3.63) is 39.2 Å². The molecule has 0 aliphatic rings. The number of rotatable bonds is 2. The first-order valence-corrected chi connectivity index (χ1v) is 5.70. The lowest BCUT2D eigenvalue weighted by Crippen LogP contribution is -2.30. The van der Waals surface area contributed by atoms with Crippen LogP contribution in [0.15, 0.2) is 33.7 Å². The number of fused-ring (bicyclic) bond motifs is 1. The molecule has 0 unspecified atom stereocenters. The molecule has 88 valence electrons. The molecule has 1 aromatic carbocycles. The Bertz CT molecular complexity index is 651. The van der Waals surface area contributed by atoms with Crippen molar-refractivity contribution in [1.82, 2.24) is 9.78 Å². The van der Waals surface area contributed by atoms with Gasteiger partial charge in [-0.05, 0) is 19.1 Å². The fourth-order valence-electron chi connectivity index (χ4n) is 1.51. The van der Waals surface area contributed by atoms with E-state index in [9.17, 15) is 9.59 Å². The van der Waals surface area contributed by atoms with Gasteiger partial charge in [0, 0.05) is 9.86 Å². The van der Waals surface area contributed by atoms with Crippen molar-refractivity contribution in [2.45, 2.75) is 13.0 Å². The maximum absolute atomic E-state index is 12.0. The summed E-state index contributed by atoms with van der Waals surface area (Å²) in [5.41, 5.74) is -0.404. The van der Waals surface area contributed by atoms with Crippen molar-refractivity contribution < 1.29 is 9.90 Å². The Kier molecular flexibility index (Phi) is 2.97. The van der Waals surface area contributed by atoms with E-state index in [1.165, 1.54) is 13.1 Å². The Balaban J connectivity index is 2.73. The van der Waals surface area contributed by atoms with Gasteiger partial charge < -0.3 is 5.11 Å². The normalized spacial score (nSPS) is 12.6. The Morgan fingerprint density at radius 3 is 2.88 bits per heavy atom. The number of carboxylic acid groups (broad SMARTS) is 1. The molecule has 1 aromatic heterocycles. The van der Waals surface area contributed by atoms with Crippen molar-refractivity contribution in [3.8, 4) is 0 Å². The Hall–Kier alpha value is -1.69. The average molecular weight is 297 g/mol. The summed E-state index contributed by atoms with van der Waals surface area (Å²) in [6, 6.07) is 4.23. The number of benzene rings is 1. The Morgan fingerprint density at radius 1 is 1.53 bits per heavy atom. The van der Waals surface area contributed by atoms with Crippen molar-refractivity contribution >= 4 is 32.7 Å². The van der Waals surface area contributed by atoms with Crippen LogP contribution in [0.25, 0.3) is 10.8 Å². The summed E-state index contributed by atoms with van der Waals surface area (Å²) in [7, 11) is 0. The van der Waals surface area contributed by atoms with Crippen LogP contribution in [-0.2, 0) is 4.79 Å². The highest BCUT2D eigenvalue weighted by atomic mass is 79.9. The lowest BCUT2D eigenvalue weighted by Gasteiger charge is -2.09. The van der Waals surface area contributed by atoms with E-state index in [2.05, 4.69) is 21.0 Å². The van der Waals surface area contributed by atoms with Gasteiger partial charge in [0.15, 0.2) is 6.04 Å². The average Bonchev–Trinajstić information content (AvgIpc) is 2.29. The van der Waals surface area contributed by atoms with Crippen molar-refractivity contribution in [2.75, 3.05) is 0 Å². The standard InChI is InChI=1S/C11H9BrN2O3/c1-6(11(16)17)14-10(15)9-4-8(12)3-2-7(9)5-13-14/h2-6H,1H3,(H,16,17)/t6-/m0/s1. The minimum Gasteiger partial charge on any atom is -0.480 e. The van der Waals surface area contributed by atoms with Gasteiger partial charge in [-0.2, -0.15) is 5.10 Å². The number of aromatic nitrogens is 2. The second-order valence-corrected chi connectivity index (χ2v) is 4.56. The van der Waals surface area contributed by atoms with E-state index in [0.29, 0.717) is 10.8 Å². The predicted octanol–water partition coefficient (Wildman–Crippen LogP) is 1.80. The summed E-state index contributed by atoms with van der Waals surface area (Å²) in [5.74, 6) is -1.09. The first-order chi connectivity index (χ1) is 8.00. The van der Waals surface area contributed by atoms with Gasteiger partial charge in [-0.1, -0.05) is 22.0 Å². The summed E-state index contributed by atoms with van der Waals surface area (Å²) < 4.78 is 1.74. The van der Waals surface area contributed by atoms with Gasteiger partial charge >= 0.3 is 5.97 Å². The molecule has 6 heteroatoms. The molecular formula is C11H9BrN2O3. The lowest BCUT2D eigenvalue weighted by molar-refractivity contribution is -0.140. The molecule has 0 saturated carbocycles. The zero-order valence-electron chi connectivity index (χ0n) is 8.92. The molecule has 0 spiro atoms. The van der Waals surface area contributed by atoms with Gasteiger partial charge in [0.1, 0.15) is 0 Å². The summed E-state index contributed by atoms with van der Waals surface area (Å²) >= 11 is 3.27. The third kappa shape index (κ3) is 2.08. The van der Waals surface area contributed by atoms with E-state index in [4.69, 9.17) is 5.11 Å². The van der Waals surface area contributed by atoms with Crippen LogP contribution < -0.4 is 5.56 Å². The predicted molar refractivity (Wildman–Crippen MR) is 66.0 cm³/mol. The second-order valence-electron chi connectivity index (χ2n) is 3.64. The van der Waals surface area contributed by atoms with Crippen LogP contribution in [-0.4, -0.2) is 20.9 Å². The summed E-state index contributed by atoms with van der Waals surface area (Å²) in [6.45, 7) is 1.42. The third-order valence-electron chi connectivity index (χ3n) is 2.50. The van der Waals surface area contributed by atoms with Gasteiger partial charge in [0.05, 0.1) is 11.6 Å². The van der Waals surface area contributed by atoms with Gasteiger partial charge in [0.2, 0.25) is 0 Å². The SMILES string of the molecule is C[C@@H](C(=O)O)n1ncc2ccc(Br)cc2c1=O. The van der Waals surface area contributed by atoms with Gasteiger partial charge in [-0.15, -0.1) is 0 Å². The highest BCUT2D eigenvalue weighted by molar-refractivity contribution is 9.10. The van der Waals surface area contributed by atoms with Gasteiger partial charge in [-0.25, -0.2) is 9.48 Å². The summed E-state index contributed by atoms with van der Waals surface area (Å²) in [5, 5.41) is 13.9. The van der Waals surface area contributed by atoms with Crippen LogP contribution in [0.3, 0.4) is 0 Å². The lowest BCUT2D eigenvalue weighted by atomic mass is 10.2. The van der Waals surface area contributed by atoms with Crippen LogP contribution in [0, 0.1) is 0 Å². The highest BCUT2D eigenvalue weighted by Crippen LogP contribution is 2.16. The maximum atomic E-state index is 12.0. The van der Waals surface area contributed by atoms with E-state index >= 15 is 0 Å². The molecule has 1 N–H and O–H groups in total. The quantitative estimate of drug-likeness (QED) is 0.917. The van der Waals surface area contributed by atoms with Crippen LogP contribution in [0.2, 0.25) is 0 Å². The van der Waals surface area contributed by atoms with E-state index in [0.717, 1.165) is 9.15 Å². The summed E-state index contributed by atoms with van der Waals surface area (Å²) in [4.78, 5) is 22.9. The molecule has 2 aromatic rings. The van der Waals surface area contributed by atoms with E-state index in [-0.39, 0.29) is 0 Å². The Morgan fingerprint density at radius 2 is 2.24 bits per heavy atom. The zero-order chi connectivity index (χ0) is 12.6. The molecule has 0 amide bonds. The largest absolute Gasteiger partial charge is 0.480 e. The fourth-order valence-corrected chi connectivity index (χ4v) is 1.87. The molecular weight excluding hydrogens is 288 g/mol. The molecule has 0 aliphatic heterocycles.